The number of methoxy groups -OCH3 is 1. The largest absolute Gasteiger partial charge is 0.497 e. The summed E-state index contributed by atoms with van der Waals surface area (Å²) >= 11 is 0. The molecule has 0 fully saturated rings. The van der Waals surface area contributed by atoms with Gasteiger partial charge in [0.25, 0.3) is 0 Å². The lowest BCUT2D eigenvalue weighted by Crippen LogP contribution is -2.10. The number of benzene rings is 1. The molecule has 6 heteroatoms. The summed E-state index contributed by atoms with van der Waals surface area (Å²) in [7, 11) is 1.63. The van der Waals surface area contributed by atoms with Gasteiger partial charge < -0.3 is 15.5 Å². The van der Waals surface area contributed by atoms with Gasteiger partial charge in [-0.1, -0.05) is 0 Å². The molecule has 0 radical (unpaired) electrons. The number of rotatable bonds is 4. The molecule has 4 N–H and O–H groups in total. The maximum absolute atomic E-state index is 5.33. The minimum absolute atomic E-state index is 0.568. The van der Waals surface area contributed by atoms with Crippen LogP contribution in [0.2, 0.25) is 0 Å². The second-order valence-electron chi connectivity index (χ2n) is 3.68. The number of aryl methyl sites for hydroxylation is 1. The van der Waals surface area contributed by atoms with Crippen LogP contribution in [0.5, 0.6) is 5.75 Å². The minimum Gasteiger partial charge on any atom is -0.497 e. The Morgan fingerprint density at radius 3 is 2.39 bits per heavy atom. The Labute approximate surface area is 105 Å². The van der Waals surface area contributed by atoms with Gasteiger partial charge >= 0.3 is 0 Å². The van der Waals surface area contributed by atoms with Crippen LogP contribution in [-0.2, 0) is 0 Å². The zero-order chi connectivity index (χ0) is 13.0. The molecule has 2 rings (SSSR count). The van der Waals surface area contributed by atoms with E-state index >= 15 is 0 Å². The summed E-state index contributed by atoms with van der Waals surface area (Å²) in [5.74, 6) is 8.03. The first-order chi connectivity index (χ1) is 8.71. The van der Waals surface area contributed by atoms with Crippen LogP contribution in [-0.4, -0.2) is 17.1 Å². The molecule has 0 aliphatic rings. The van der Waals surface area contributed by atoms with Crippen LogP contribution < -0.4 is 21.3 Å². The smallest absolute Gasteiger partial charge is 0.145 e. The van der Waals surface area contributed by atoms with Gasteiger partial charge in [0.15, 0.2) is 0 Å². The van der Waals surface area contributed by atoms with Crippen molar-refractivity contribution in [3.63, 3.8) is 0 Å². The van der Waals surface area contributed by atoms with Crippen LogP contribution in [0.1, 0.15) is 5.82 Å². The molecule has 1 aromatic heterocycles. The SMILES string of the molecule is COc1ccc(Nc2cc(NN)nc(C)n2)cc1. The van der Waals surface area contributed by atoms with E-state index in [-0.39, 0.29) is 0 Å². The summed E-state index contributed by atoms with van der Waals surface area (Å²) in [6.45, 7) is 1.81. The maximum Gasteiger partial charge on any atom is 0.145 e. The van der Waals surface area contributed by atoms with Gasteiger partial charge in [-0.25, -0.2) is 15.8 Å². The number of aromatic nitrogens is 2. The molecule has 0 spiro atoms. The zero-order valence-corrected chi connectivity index (χ0v) is 10.3. The fourth-order valence-corrected chi connectivity index (χ4v) is 1.53. The number of nitrogen functional groups attached to an aromatic ring is 1. The molecule has 1 heterocycles. The number of hydrogen-bond donors (Lipinski definition) is 3. The summed E-state index contributed by atoms with van der Waals surface area (Å²) in [6.07, 6.45) is 0. The van der Waals surface area contributed by atoms with Crippen molar-refractivity contribution in [2.24, 2.45) is 5.84 Å². The molecule has 94 valence electrons. The van der Waals surface area contributed by atoms with Crippen molar-refractivity contribution >= 4 is 17.3 Å². The number of anilines is 3. The highest BCUT2D eigenvalue weighted by Gasteiger charge is 2.01. The quantitative estimate of drug-likeness (QED) is 0.563. The summed E-state index contributed by atoms with van der Waals surface area (Å²) < 4.78 is 5.10. The summed E-state index contributed by atoms with van der Waals surface area (Å²) in [4.78, 5) is 8.38. The van der Waals surface area contributed by atoms with E-state index in [9.17, 15) is 0 Å². The Balaban J connectivity index is 2.19. The number of hydrazine groups is 1. The third-order valence-corrected chi connectivity index (χ3v) is 2.35. The third kappa shape index (κ3) is 2.86. The predicted molar refractivity (Wildman–Crippen MR) is 70.9 cm³/mol. The van der Waals surface area contributed by atoms with Gasteiger partial charge in [0.05, 0.1) is 7.11 Å². The average Bonchev–Trinajstić information content (AvgIpc) is 2.39. The average molecular weight is 245 g/mol. The van der Waals surface area contributed by atoms with Crippen molar-refractivity contribution in [2.45, 2.75) is 6.92 Å². The lowest BCUT2D eigenvalue weighted by molar-refractivity contribution is 0.415. The van der Waals surface area contributed by atoms with Crippen molar-refractivity contribution in [3.8, 4) is 5.75 Å². The molecule has 0 saturated carbocycles. The van der Waals surface area contributed by atoms with E-state index in [4.69, 9.17) is 10.6 Å². The number of nitrogens with one attached hydrogen (secondary N) is 2. The molecule has 18 heavy (non-hydrogen) atoms. The second-order valence-corrected chi connectivity index (χ2v) is 3.68. The summed E-state index contributed by atoms with van der Waals surface area (Å²) in [6, 6.07) is 9.30. The molecular weight excluding hydrogens is 230 g/mol. The van der Waals surface area contributed by atoms with Crippen LogP contribution in [0.25, 0.3) is 0 Å². The number of nitrogens with zero attached hydrogens (tertiary/aromatic N) is 2. The first kappa shape index (κ1) is 12.1. The standard InChI is InChI=1S/C12H15N5O/c1-8-14-11(7-12(15-8)17-13)16-9-3-5-10(18-2)6-4-9/h3-7H,13H2,1-2H3,(H2,14,15,16,17). The monoisotopic (exact) mass is 245 g/mol. The molecule has 0 aliphatic heterocycles. The van der Waals surface area contributed by atoms with Crippen molar-refractivity contribution in [1.29, 1.82) is 0 Å². The molecular formula is C12H15N5O. The molecule has 0 bridgehead atoms. The van der Waals surface area contributed by atoms with Gasteiger partial charge in [0, 0.05) is 11.8 Å². The van der Waals surface area contributed by atoms with Crippen molar-refractivity contribution in [2.75, 3.05) is 17.9 Å². The van der Waals surface area contributed by atoms with E-state index in [2.05, 4.69) is 20.7 Å². The fraction of sp³-hybridized carbons (Fsp3) is 0.167. The zero-order valence-electron chi connectivity index (χ0n) is 10.3. The van der Waals surface area contributed by atoms with Gasteiger partial charge in [0.2, 0.25) is 0 Å². The summed E-state index contributed by atoms with van der Waals surface area (Å²) in [5.41, 5.74) is 3.41. The maximum atomic E-state index is 5.33. The van der Waals surface area contributed by atoms with Gasteiger partial charge in [-0.2, -0.15) is 0 Å². The molecule has 0 atom stereocenters. The fourth-order valence-electron chi connectivity index (χ4n) is 1.53. The number of ether oxygens (including phenoxy) is 1. The first-order valence-corrected chi connectivity index (χ1v) is 5.44. The van der Waals surface area contributed by atoms with E-state index in [1.54, 1.807) is 20.1 Å². The van der Waals surface area contributed by atoms with Crippen LogP contribution in [0.4, 0.5) is 17.3 Å². The molecule has 6 nitrogen and oxygen atoms in total. The van der Waals surface area contributed by atoms with Gasteiger partial charge in [-0.3, -0.25) is 0 Å². The highest BCUT2D eigenvalue weighted by atomic mass is 16.5. The highest BCUT2D eigenvalue weighted by Crippen LogP contribution is 2.19. The highest BCUT2D eigenvalue weighted by molar-refractivity contribution is 5.59. The third-order valence-electron chi connectivity index (χ3n) is 2.35. The van der Waals surface area contributed by atoms with E-state index in [0.717, 1.165) is 11.4 Å². The second kappa shape index (κ2) is 5.33. The summed E-state index contributed by atoms with van der Waals surface area (Å²) in [5, 5.41) is 3.17. The lowest BCUT2D eigenvalue weighted by atomic mass is 10.3. The van der Waals surface area contributed by atoms with E-state index < -0.39 is 0 Å². The van der Waals surface area contributed by atoms with Crippen LogP contribution >= 0.6 is 0 Å². The van der Waals surface area contributed by atoms with E-state index in [1.165, 1.54) is 0 Å². The Morgan fingerprint density at radius 2 is 1.78 bits per heavy atom. The Hall–Kier alpha value is -2.34. The topological polar surface area (TPSA) is 85.1 Å². The van der Waals surface area contributed by atoms with Crippen molar-refractivity contribution in [1.82, 2.24) is 9.97 Å². The van der Waals surface area contributed by atoms with Crippen LogP contribution in [0.15, 0.2) is 30.3 Å². The number of nitrogens with two attached hydrogens (primary N) is 1. The Bertz CT molecular complexity index is 526. The Morgan fingerprint density at radius 1 is 1.11 bits per heavy atom. The van der Waals surface area contributed by atoms with Crippen LogP contribution in [0.3, 0.4) is 0 Å². The van der Waals surface area contributed by atoms with Gasteiger partial charge in [0.1, 0.15) is 23.2 Å². The molecule has 0 aliphatic carbocycles. The van der Waals surface area contributed by atoms with Gasteiger partial charge in [-0.05, 0) is 31.2 Å². The minimum atomic E-state index is 0.568. The molecule has 0 unspecified atom stereocenters. The normalized spacial score (nSPS) is 9.94. The van der Waals surface area contributed by atoms with Crippen LogP contribution in [0, 0.1) is 6.92 Å². The van der Waals surface area contributed by atoms with Gasteiger partial charge in [-0.15, -0.1) is 0 Å². The molecule has 0 saturated heterocycles. The first-order valence-electron chi connectivity index (χ1n) is 5.44. The van der Waals surface area contributed by atoms with E-state index in [1.807, 2.05) is 24.3 Å². The molecule has 0 amide bonds. The van der Waals surface area contributed by atoms with E-state index in [0.29, 0.717) is 17.5 Å². The lowest BCUT2D eigenvalue weighted by Gasteiger charge is -2.08. The molecule has 2 aromatic rings. The Kier molecular flexibility index (Phi) is 3.59. The van der Waals surface area contributed by atoms with Crippen molar-refractivity contribution in [3.05, 3.63) is 36.2 Å². The van der Waals surface area contributed by atoms with Crippen molar-refractivity contribution < 1.29 is 4.74 Å². The predicted octanol–water partition coefficient (Wildman–Crippen LogP) is 1.82. The molecule has 1 aromatic carbocycles. The number of hydrogen-bond acceptors (Lipinski definition) is 6.